The van der Waals surface area contributed by atoms with Crippen molar-refractivity contribution in [3.63, 3.8) is 0 Å². The van der Waals surface area contributed by atoms with Crippen molar-refractivity contribution in [2.75, 3.05) is 6.26 Å². The third kappa shape index (κ3) is 4.71. The molecule has 1 amide bonds. The first kappa shape index (κ1) is 23.2. The lowest BCUT2D eigenvalue weighted by Gasteiger charge is -2.20. The normalized spacial score (nSPS) is 17.1. The number of hydrogen-bond donors (Lipinski definition) is 1. The van der Waals surface area contributed by atoms with Crippen LogP contribution in [0.5, 0.6) is 5.75 Å². The highest BCUT2D eigenvalue weighted by molar-refractivity contribution is 8.42. The van der Waals surface area contributed by atoms with E-state index < -0.39 is 21.7 Å². The molecule has 2 aliphatic rings. The van der Waals surface area contributed by atoms with Gasteiger partial charge in [-0.2, -0.15) is 10.0 Å². The zero-order valence-corrected chi connectivity index (χ0v) is 19.7. The van der Waals surface area contributed by atoms with Crippen molar-refractivity contribution < 1.29 is 22.7 Å². The zero-order valence-electron chi connectivity index (χ0n) is 16.6. The number of fused-ring (bicyclic) bond motifs is 1. The number of sulfone groups is 1. The molecule has 13 heteroatoms. The Kier molecular flexibility index (Phi) is 6.14. The second kappa shape index (κ2) is 8.75. The molecular formula is C20H12Cl2N4O5S2. The van der Waals surface area contributed by atoms with Gasteiger partial charge in [0.2, 0.25) is 19.4 Å². The number of hydrazone groups is 1. The molecule has 0 unspecified atom stereocenters. The minimum atomic E-state index is -3.63. The summed E-state index contributed by atoms with van der Waals surface area (Å²) in [6, 6.07) is 10.8. The quantitative estimate of drug-likeness (QED) is 0.368. The van der Waals surface area contributed by atoms with E-state index in [0.717, 1.165) is 11.3 Å². The van der Waals surface area contributed by atoms with Crippen LogP contribution in [0.1, 0.15) is 15.9 Å². The Hall–Kier alpha value is -2.99. The molecule has 168 valence electrons. The Bertz CT molecular complexity index is 1430. The van der Waals surface area contributed by atoms with E-state index in [9.17, 15) is 18.0 Å². The lowest BCUT2D eigenvalue weighted by Crippen LogP contribution is -2.35. The third-order valence-electron chi connectivity index (χ3n) is 4.32. The van der Waals surface area contributed by atoms with Crippen LogP contribution in [-0.2, 0) is 14.6 Å². The van der Waals surface area contributed by atoms with E-state index in [1.807, 2.05) is 0 Å². The summed E-state index contributed by atoms with van der Waals surface area (Å²) in [6.45, 7) is 0. The van der Waals surface area contributed by atoms with Crippen LogP contribution in [0.4, 0.5) is 0 Å². The molecule has 0 aliphatic carbocycles. The molecule has 2 aromatic rings. The number of amidine groups is 2. The standard InChI is InChI=1S/C20H12Cl2N4O5S2/c1-33(29,30)20-25-26-16(23)12(17(27)24-19(26)32-20)8-10-6-7-15(14(22)9-10)31-18(28)11-4-2-3-5-13(11)21/h2-9,23H,1H3/b12-8-,23-16?. The van der Waals surface area contributed by atoms with Gasteiger partial charge >= 0.3 is 5.97 Å². The van der Waals surface area contributed by atoms with Crippen molar-refractivity contribution in [1.29, 1.82) is 5.41 Å². The highest BCUT2D eigenvalue weighted by Gasteiger charge is 2.38. The van der Waals surface area contributed by atoms with Crippen molar-refractivity contribution in [2.45, 2.75) is 0 Å². The molecule has 2 heterocycles. The van der Waals surface area contributed by atoms with Crippen LogP contribution < -0.4 is 4.74 Å². The molecule has 0 saturated heterocycles. The van der Waals surface area contributed by atoms with E-state index in [4.69, 9.17) is 33.3 Å². The summed E-state index contributed by atoms with van der Waals surface area (Å²) in [7, 11) is -3.63. The highest BCUT2D eigenvalue weighted by Crippen LogP contribution is 2.32. The van der Waals surface area contributed by atoms with Gasteiger partial charge in [-0.15, -0.1) is 5.10 Å². The molecule has 0 spiro atoms. The Morgan fingerprint density at radius 2 is 1.91 bits per heavy atom. The molecule has 0 atom stereocenters. The van der Waals surface area contributed by atoms with E-state index >= 15 is 0 Å². The molecule has 2 aromatic carbocycles. The third-order valence-corrected chi connectivity index (χ3v) is 7.52. The first-order chi connectivity index (χ1) is 15.5. The fraction of sp³-hybridized carbons (Fsp3) is 0.0500. The number of rotatable bonds is 3. The topological polar surface area (TPSA) is 129 Å². The number of thioether (sulfide) groups is 1. The number of nitrogens with zero attached hydrogens (tertiary/aromatic N) is 3. The van der Waals surface area contributed by atoms with Crippen molar-refractivity contribution >= 4 is 78.1 Å². The van der Waals surface area contributed by atoms with Crippen LogP contribution >= 0.6 is 35.0 Å². The molecule has 33 heavy (non-hydrogen) atoms. The van der Waals surface area contributed by atoms with Gasteiger partial charge in [0, 0.05) is 6.26 Å². The molecule has 0 saturated carbocycles. The van der Waals surface area contributed by atoms with Gasteiger partial charge in [0.05, 0.1) is 21.2 Å². The maximum absolute atomic E-state index is 12.4. The number of carbonyl (C=O) groups excluding carboxylic acids is 2. The maximum Gasteiger partial charge on any atom is 0.345 e. The van der Waals surface area contributed by atoms with Gasteiger partial charge in [-0.25, -0.2) is 13.2 Å². The van der Waals surface area contributed by atoms with Crippen molar-refractivity contribution in [1.82, 2.24) is 5.01 Å². The van der Waals surface area contributed by atoms with Gasteiger partial charge in [0.1, 0.15) is 5.75 Å². The van der Waals surface area contributed by atoms with Gasteiger partial charge in [-0.05, 0) is 47.7 Å². The molecule has 0 radical (unpaired) electrons. The van der Waals surface area contributed by atoms with Crippen molar-refractivity contribution in [2.24, 2.45) is 10.1 Å². The summed E-state index contributed by atoms with van der Waals surface area (Å²) in [5.74, 6) is -1.67. The second-order valence-electron chi connectivity index (χ2n) is 6.72. The number of ether oxygens (including phenoxy) is 1. The molecule has 1 N–H and O–H groups in total. The highest BCUT2D eigenvalue weighted by atomic mass is 35.5. The van der Waals surface area contributed by atoms with E-state index in [0.29, 0.717) is 17.3 Å². The van der Waals surface area contributed by atoms with E-state index in [1.54, 1.807) is 18.2 Å². The van der Waals surface area contributed by atoms with Crippen LogP contribution in [0.3, 0.4) is 0 Å². The molecular weight excluding hydrogens is 511 g/mol. The first-order valence-corrected chi connectivity index (χ1v) is 12.5. The summed E-state index contributed by atoms with van der Waals surface area (Å²) in [6.07, 6.45) is 2.33. The summed E-state index contributed by atoms with van der Waals surface area (Å²) >= 11 is 12.9. The number of hydrogen-bond acceptors (Lipinski definition) is 8. The molecule has 2 aliphatic heterocycles. The Balaban J connectivity index is 1.59. The van der Waals surface area contributed by atoms with Crippen molar-refractivity contribution in [3.05, 3.63) is 69.2 Å². The first-order valence-electron chi connectivity index (χ1n) is 9.01. The van der Waals surface area contributed by atoms with Crippen LogP contribution in [-0.4, -0.2) is 46.9 Å². The van der Waals surface area contributed by atoms with Gasteiger partial charge < -0.3 is 4.74 Å². The van der Waals surface area contributed by atoms with E-state index in [-0.39, 0.29) is 42.3 Å². The van der Waals surface area contributed by atoms with Crippen LogP contribution in [0, 0.1) is 5.41 Å². The minimum Gasteiger partial charge on any atom is -0.421 e. The lowest BCUT2D eigenvalue weighted by molar-refractivity contribution is -0.114. The van der Waals surface area contributed by atoms with Gasteiger partial charge in [-0.3, -0.25) is 10.2 Å². The van der Waals surface area contributed by atoms with Crippen molar-refractivity contribution in [3.8, 4) is 5.75 Å². The van der Waals surface area contributed by atoms with E-state index in [1.165, 1.54) is 30.3 Å². The number of carbonyl (C=O) groups is 2. The summed E-state index contributed by atoms with van der Waals surface area (Å²) in [5.41, 5.74) is 0.479. The largest absolute Gasteiger partial charge is 0.421 e. The monoisotopic (exact) mass is 522 g/mol. The van der Waals surface area contributed by atoms with E-state index in [2.05, 4.69) is 10.1 Å². The summed E-state index contributed by atoms with van der Waals surface area (Å²) in [5, 5.41) is 13.4. The fourth-order valence-electron chi connectivity index (χ4n) is 2.76. The maximum atomic E-state index is 12.4. The Morgan fingerprint density at radius 3 is 2.58 bits per heavy atom. The molecule has 0 fully saturated rings. The summed E-state index contributed by atoms with van der Waals surface area (Å²) in [4.78, 5) is 28.6. The van der Waals surface area contributed by atoms with Gasteiger partial charge in [0.15, 0.2) is 5.84 Å². The predicted octanol–water partition coefficient (Wildman–Crippen LogP) is 3.83. The van der Waals surface area contributed by atoms with Crippen LogP contribution in [0.2, 0.25) is 10.0 Å². The number of esters is 1. The predicted molar refractivity (Wildman–Crippen MR) is 128 cm³/mol. The molecule has 0 bridgehead atoms. The SMILES string of the molecule is CS(=O)(=O)C1=NN2C(=N)/C(=C/c3ccc(OC(=O)c4ccccc4Cl)c(Cl)c3)C(=O)N=C2S1. The Morgan fingerprint density at radius 1 is 1.18 bits per heavy atom. The number of nitrogens with one attached hydrogen (secondary N) is 1. The average Bonchev–Trinajstić information content (AvgIpc) is 3.18. The number of aliphatic imine (C=N–C) groups is 1. The lowest BCUT2D eigenvalue weighted by atomic mass is 10.1. The van der Waals surface area contributed by atoms with Gasteiger partial charge in [-0.1, -0.05) is 41.4 Å². The Labute approximate surface area is 202 Å². The van der Waals surface area contributed by atoms with Crippen LogP contribution in [0.25, 0.3) is 6.08 Å². The van der Waals surface area contributed by atoms with Gasteiger partial charge in [0.25, 0.3) is 5.91 Å². The average molecular weight is 523 g/mol. The molecule has 0 aromatic heterocycles. The zero-order chi connectivity index (χ0) is 23.9. The molecule has 9 nitrogen and oxygen atoms in total. The summed E-state index contributed by atoms with van der Waals surface area (Å²) < 4.78 is 28.5. The fourth-order valence-corrected chi connectivity index (χ4v) is 4.89. The smallest absolute Gasteiger partial charge is 0.345 e. The second-order valence-corrected chi connectivity index (χ2v) is 10.7. The van der Waals surface area contributed by atoms with Crippen LogP contribution in [0.15, 0.2) is 58.1 Å². The number of halogens is 2. The molecule has 4 rings (SSSR count). The minimum absolute atomic E-state index is 0.0116. The number of amides is 1. The number of benzene rings is 2.